The molecule has 1 aliphatic heterocycles. The molecule has 4 N–H and O–H groups in total. The molecule has 8 unspecified atom stereocenters. The van der Waals surface area contributed by atoms with E-state index in [1.165, 1.54) is 7.11 Å². The highest BCUT2D eigenvalue weighted by atomic mass is 16.7. The summed E-state index contributed by atoms with van der Waals surface area (Å²) in [4.78, 5) is 42.8. The zero-order valence-electron chi connectivity index (χ0n) is 24.7. The van der Waals surface area contributed by atoms with Crippen LogP contribution in [-0.4, -0.2) is 113 Å². The number of aliphatic hydroxyl groups excluding tert-OH is 3. The molecule has 41 heavy (non-hydrogen) atoms. The van der Waals surface area contributed by atoms with Gasteiger partial charge in [0.25, 0.3) is 0 Å². The number of ether oxygens (including phenoxy) is 3. The van der Waals surface area contributed by atoms with E-state index in [1.54, 1.807) is 13.8 Å². The minimum Gasteiger partial charge on any atom is -0.469 e. The molecule has 0 amide bonds. The number of methoxy groups -OCH3 is 1. The van der Waals surface area contributed by atoms with Gasteiger partial charge >= 0.3 is 5.97 Å². The second-order valence-electron chi connectivity index (χ2n) is 13.4. The normalized spacial score (nSPS) is 50.1. The molecule has 5 fully saturated rings. The summed E-state index contributed by atoms with van der Waals surface area (Å²) in [5.74, 6) is -6.76. The topological polar surface area (TPSA) is 163 Å². The number of carbonyl (C=O) groups is 3. The number of rotatable bonds is 5. The van der Waals surface area contributed by atoms with Crippen LogP contribution in [0.5, 0.6) is 0 Å². The van der Waals surface area contributed by atoms with E-state index >= 15 is 0 Å². The van der Waals surface area contributed by atoms with E-state index in [0.717, 1.165) is 0 Å². The fourth-order valence-electron chi connectivity index (χ4n) is 9.08. The molecule has 11 heteroatoms. The third-order valence-electron chi connectivity index (χ3n) is 11.2. The number of hydrogen-bond donors (Lipinski definition) is 4. The van der Waals surface area contributed by atoms with Crippen LogP contribution in [0.3, 0.4) is 0 Å². The smallest absolute Gasteiger partial charge is 0.311 e. The number of carbonyl (C=O) groups excluding carboxylic acids is 3. The summed E-state index contributed by atoms with van der Waals surface area (Å²) in [7, 11) is 4.98. The van der Waals surface area contributed by atoms with Gasteiger partial charge in [-0.1, -0.05) is 13.3 Å². The summed E-state index contributed by atoms with van der Waals surface area (Å²) in [5.41, 5.74) is -1.53. The number of aliphatic hydroxyl groups is 4. The molecule has 1 saturated heterocycles. The molecule has 5 aliphatic rings. The van der Waals surface area contributed by atoms with Crippen molar-refractivity contribution >= 4 is 17.5 Å². The molecule has 1 heterocycles. The Morgan fingerprint density at radius 1 is 1.05 bits per heavy atom. The van der Waals surface area contributed by atoms with Crippen molar-refractivity contribution in [1.29, 1.82) is 0 Å². The Morgan fingerprint density at radius 3 is 2.39 bits per heavy atom. The largest absolute Gasteiger partial charge is 0.469 e. The van der Waals surface area contributed by atoms with E-state index in [-0.39, 0.29) is 36.9 Å². The summed E-state index contributed by atoms with van der Waals surface area (Å²) in [6.07, 6.45) is -2.78. The maximum Gasteiger partial charge on any atom is 0.311 e. The van der Waals surface area contributed by atoms with Gasteiger partial charge in [-0.15, -0.1) is 0 Å². The van der Waals surface area contributed by atoms with Crippen LogP contribution in [0.15, 0.2) is 0 Å². The summed E-state index contributed by atoms with van der Waals surface area (Å²) < 4.78 is 17.7. The lowest BCUT2D eigenvalue weighted by atomic mass is 9.48. The Balaban J connectivity index is 1.52. The minimum absolute atomic E-state index is 0.000872. The predicted molar refractivity (Wildman–Crippen MR) is 144 cm³/mol. The van der Waals surface area contributed by atoms with Crippen molar-refractivity contribution < 1.29 is 49.0 Å². The second kappa shape index (κ2) is 11.6. The molecule has 0 aromatic carbocycles. The summed E-state index contributed by atoms with van der Waals surface area (Å²) in [6, 6.07) is -0.251. The van der Waals surface area contributed by atoms with E-state index in [0.29, 0.717) is 25.7 Å². The zero-order chi connectivity index (χ0) is 30.0. The van der Waals surface area contributed by atoms with E-state index in [4.69, 9.17) is 14.2 Å². The van der Waals surface area contributed by atoms with E-state index in [9.17, 15) is 34.8 Å². The average Bonchev–Trinajstić information content (AvgIpc) is 2.92. The molecule has 15 atom stereocenters. The number of esters is 1. The van der Waals surface area contributed by atoms with E-state index in [1.807, 2.05) is 19.0 Å². The molecule has 4 aliphatic carbocycles. The maximum absolute atomic E-state index is 13.9. The van der Waals surface area contributed by atoms with Gasteiger partial charge in [-0.25, -0.2) is 0 Å². The summed E-state index contributed by atoms with van der Waals surface area (Å²) in [6.45, 7) is 3.53. The lowest BCUT2D eigenvalue weighted by Crippen LogP contribution is -2.68. The van der Waals surface area contributed by atoms with Crippen molar-refractivity contribution in [3.8, 4) is 0 Å². The highest BCUT2D eigenvalue weighted by Gasteiger charge is 2.66. The minimum atomic E-state index is -1.53. The van der Waals surface area contributed by atoms with Crippen LogP contribution in [0.25, 0.3) is 0 Å². The molecule has 232 valence electrons. The van der Waals surface area contributed by atoms with Crippen LogP contribution in [-0.2, 0) is 28.6 Å². The van der Waals surface area contributed by atoms with Crippen molar-refractivity contribution in [3.63, 3.8) is 0 Å². The van der Waals surface area contributed by atoms with Crippen LogP contribution >= 0.6 is 0 Å². The Labute approximate surface area is 241 Å². The van der Waals surface area contributed by atoms with Crippen molar-refractivity contribution in [2.75, 3.05) is 21.2 Å². The molecular formula is C30H47NO10. The second-order valence-corrected chi connectivity index (χ2v) is 13.4. The third-order valence-corrected chi connectivity index (χ3v) is 11.2. The summed E-state index contributed by atoms with van der Waals surface area (Å²) in [5, 5.41) is 45.2. The van der Waals surface area contributed by atoms with Gasteiger partial charge in [-0.3, -0.25) is 14.4 Å². The van der Waals surface area contributed by atoms with Gasteiger partial charge in [0.2, 0.25) is 0 Å². The van der Waals surface area contributed by atoms with Gasteiger partial charge in [-0.2, -0.15) is 0 Å². The fourth-order valence-corrected chi connectivity index (χ4v) is 9.08. The molecular weight excluding hydrogens is 534 g/mol. The quantitative estimate of drug-likeness (QED) is 0.330. The van der Waals surface area contributed by atoms with Crippen LogP contribution in [0, 0.1) is 41.4 Å². The summed E-state index contributed by atoms with van der Waals surface area (Å²) >= 11 is 0. The Bertz CT molecular complexity index is 1020. The van der Waals surface area contributed by atoms with Gasteiger partial charge in [0.05, 0.1) is 61.0 Å². The number of nitrogens with zero attached hydrogens (tertiary/aromatic N) is 1. The predicted octanol–water partition coefficient (Wildman–Crippen LogP) is 0.290. The monoisotopic (exact) mass is 581 g/mol. The molecule has 0 bridgehead atoms. The number of fused-ring (bicyclic) bond motifs is 3. The Morgan fingerprint density at radius 2 is 1.76 bits per heavy atom. The van der Waals surface area contributed by atoms with Crippen LogP contribution in [0.2, 0.25) is 0 Å². The van der Waals surface area contributed by atoms with Crippen LogP contribution in [0.4, 0.5) is 0 Å². The first-order valence-corrected chi connectivity index (χ1v) is 15.2. The first kappa shape index (κ1) is 31.0. The van der Waals surface area contributed by atoms with Gasteiger partial charge in [0.15, 0.2) is 6.29 Å². The highest BCUT2D eigenvalue weighted by Crippen LogP contribution is 2.57. The van der Waals surface area contributed by atoms with Gasteiger partial charge < -0.3 is 39.5 Å². The van der Waals surface area contributed by atoms with Crippen molar-refractivity contribution in [3.05, 3.63) is 0 Å². The van der Waals surface area contributed by atoms with Crippen LogP contribution in [0.1, 0.15) is 58.8 Å². The SMILES string of the molecule is CC[C@]1(O)C[C@H](O[C@@H]2C[C@@H](N(C)C)[C@@H](O)[C@H](C)O2)C2C(O)C3C(=O)C4C(O)CCCC4C(=O)C3CC2[C@@H]1C(=O)OC. The lowest BCUT2D eigenvalue weighted by molar-refractivity contribution is -0.287. The van der Waals surface area contributed by atoms with Crippen molar-refractivity contribution in [2.24, 2.45) is 41.4 Å². The number of ketones is 2. The van der Waals surface area contributed by atoms with Gasteiger partial charge in [0.1, 0.15) is 11.6 Å². The van der Waals surface area contributed by atoms with Crippen LogP contribution < -0.4 is 0 Å². The fraction of sp³-hybridized carbons (Fsp3) is 0.900. The first-order valence-electron chi connectivity index (χ1n) is 15.2. The molecule has 5 rings (SSSR count). The zero-order valence-corrected chi connectivity index (χ0v) is 24.7. The maximum atomic E-state index is 13.9. The van der Waals surface area contributed by atoms with Crippen molar-refractivity contribution in [1.82, 2.24) is 4.90 Å². The molecule has 0 radical (unpaired) electrons. The lowest BCUT2D eigenvalue weighted by Gasteiger charge is -2.58. The van der Waals surface area contributed by atoms with E-state index < -0.39 is 89.8 Å². The molecule has 11 nitrogen and oxygen atoms in total. The molecule has 0 aromatic heterocycles. The van der Waals surface area contributed by atoms with E-state index in [2.05, 4.69) is 0 Å². The van der Waals surface area contributed by atoms with Crippen molar-refractivity contribution in [2.45, 2.75) is 107 Å². The van der Waals surface area contributed by atoms with Gasteiger partial charge in [0, 0.05) is 36.6 Å². The number of Topliss-reactive ketones (excluding diaryl/α,β-unsaturated/α-hetero) is 2. The first-order chi connectivity index (χ1) is 19.3. The number of hydrogen-bond acceptors (Lipinski definition) is 11. The third kappa shape index (κ3) is 5.09. The molecule has 4 saturated carbocycles. The molecule has 0 aromatic rings. The average molecular weight is 582 g/mol. The van der Waals surface area contributed by atoms with Gasteiger partial charge in [-0.05, 0) is 52.6 Å². The highest BCUT2D eigenvalue weighted by molar-refractivity contribution is 6.00. The molecule has 0 spiro atoms. The standard InChI is InChI=1S/C30H47NO10/c1-6-30(38)12-19(41-20-11-17(31(3)4)25(33)13(2)40-20)22-15(24(30)29(37)39-5)10-16-23(28(22)36)27(35)21-14(26(16)34)8-7-9-18(21)32/h13-25,28,32-33,36,38H,6-12H2,1-5H3/t13-,14?,15?,16?,17+,18?,19-,20+,21?,22?,23?,24+,25-,28?,30-/m0/s1. The number of likely N-dealkylation sites (N-methyl/N-ethyl adjacent to an activating group) is 1. The Hall–Kier alpha value is -1.47. The Kier molecular flexibility index (Phi) is 8.73.